The Labute approximate surface area is 126 Å². The van der Waals surface area contributed by atoms with Gasteiger partial charge in [0.1, 0.15) is 0 Å². The van der Waals surface area contributed by atoms with Crippen LogP contribution in [-0.2, 0) is 11.0 Å². The number of carbonyl (C=O) groups excluding carboxylic acids is 1. The summed E-state index contributed by atoms with van der Waals surface area (Å²) in [4.78, 5) is 11.8. The molecule has 0 aliphatic carbocycles. The standard InChI is InChI=1S/C16H15F3N2O/c1-11-3-2-4-14(9-11)21-15(22)10-20-13-7-5-12(6-8-13)16(17,18)19/h2-9,20H,10H2,1H3,(H,21,22). The number of anilines is 2. The first kappa shape index (κ1) is 15.9. The summed E-state index contributed by atoms with van der Waals surface area (Å²) in [6.07, 6.45) is -4.36. The summed E-state index contributed by atoms with van der Waals surface area (Å²) in [6, 6.07) is 11.9. The Morgan fingerprint density at radius 2 is 1.73 bits per heavy atom. The molecule has 0 spiro atoms. The summed E-state index contributed by atoms with van der Waals surface area (Å²) in [5.74, 6) is -0.273. The molecule has 0 aromatic heterocycles. The zero-order valence-electron chi connectivity index (χ0n) is 11.9. The van der Waals surface area contributed by atoms with Crippen molar-refractivity contribution in [3.8, 4) is 0 Å². The first-order valence-electron chi connectivity index (χ1n) is 6.62. The molecule has 0 atom stereocenters. The van der Waals surface area contributed by atoms with Crippen LogP contribution in [0.2, 0.25) is 0 Å². The Kier molecular flexibility index (Phi) is 4.70. The van der Waals surface area contributed by atoms with E-state index in [9.17, 15) is 18.0 Å². The van der Waals surface area contributed by atoms with Crippen molar-refractivity contribution in [2.75, 3.05) is 17.2 Å². The van der Waals surface area contributed by atoms with Crippen molar-refractivity contribution in [1.29, 1.82) is 0 Å². The first-order chi connectivity index (χ1) is 10.3. The van der Waals surface area contributed by atoms with Crippen molar-refractivity contribution in [1.82, 2.24) is 0 Å². The Hall–Kier alpha value is -2.50. The van der Waals surface area contributed by atoms with Crippen molar-refractivity contribution in [3.05, 3.63) is 59.7 Å². The lowest BCUT2D eigenvalue weighted by Crippen LogP contribution is -2.21. The van der Waals surface area contributed by atoms with Crippen molar-refractivity contribution in [2.24, 2.45) is 0 Å². The van der Waals surface area contributed by atoms with E-state index in [0.29, 0.717) is 11.4 Å². The summed E-state index contributed by atoms with van der Waals surface area (Å²) < 4.78 is 37.3. The highest BCUT2D eigenvalue weighted by Crippen LogP contribution is 2.29. The second kappa shape index (κ2) is 6.51. The normalized spacial score (nSPS) is 11.1. The number of aryl methyl sites for hydroxylation is 1. The predicted octanol–water partition coefficient (Wildman–Crippen LogP) is 4.06. The fourth-order valence-electron chi connectivity index (χ4n) is 1.89. The smallest absolute Gasteiger partial charge is 0.376 e. The van der Waals surface area contributed by atoms with E-state index in [0.717, 1.165) is 17.7 Å². The molecule has 3 nitrogen and oxygen atoms in total. The van der Waals surface area contributed by atoms with Crippen LogP contribution in [0.3, 0.4) is 0 Å². The second-order valence-corrected chi connectivity index (χ2v) is 4.85. The lowest BCUT2D eigenvalue weighted by molar-refractivity contribution is -0.137. The van der Waals surface area contributed by atoms with E-state index in [2.05, 4.69) is 10.6 Å². The Morgan fingerprint density at radius 3 is 2.32 bits per heavy atom. The third-order valence-electron chi connectivity index (χ3n) is 2.97. The molecule has 6 heteroatoms. The van der Waals surface area contributed by atoms with Gasteiger partial charge in [-0.3, -0.25) is 4.79 Å². The molecule has 2 aromatic rings. The molecule has 0 radical (unpaired) electrons. The van der Waals surface area contributed by atoms with E-state index >= 15 is 0 Å². The summed E-state index contributed by atoms with van der Waals surface area (Å²) in [5, 5.41) is 5.49. The molecule has 0 saturated carbocycles. The molecule has 0 fully saturated rings. The van der Waals surface area contributed by atoms with Crippen LogP contribution in [-0.4, -0.2) is 12.5 Å². The maximum atomic E-state index is 12.4. The monoisotopic (exact) mass is 308 g/mol. The molecule has 116 valence electrons. The van der Waals surface area contributed by atoms with Gasteiger partial charge in [-0.05, 0) is 48.9 Å². The summed E-state index contributed by atoms with van der Waals surface area (Å²) in [5.41, 5.74) is 1.43. The van der Waals surface area contributed by atoms with Gasteiger partial charge in [0.25, 0.3) is 0 Å². The van der Waals surface area contributed by atoms with Gasteiger partial charge in [0.2, 0.25) is 5.91 Å². The van der Waals surface area contributed by atoms with Crippen molar-refractivity contribution in [2.45, 2.75) is 13.1 Å². The van der Waals surface area contributed by atoms with Crippen LogP contribution in [0.4, 0.5) is 24.5 Å². The third-order valence-corrected chi connectivity index (χ3v) is 2.97. The van der Waals surface area contributed by atoms with Gasteiger partial charge in [-0.25, -0.2) is 0 Å². The number of rotatable bonds is 4. The van der Waals surface area contributed by atoms with Crippen molar-refractivity contribution in [3.63, 3.8) is 0 Å². The zero-order valence-corrected chi connectivity index (χ0v) is 11.9. The first-order valence-corrected chi connectivity index (χ1v) is 6.62. The average molecular weight is 308 g/mol. The quantitative estimate of drug-likeness (QED) is 0.894. The second-order valence-electron chi connectivity index (χ2n) is 4.85. The van der Waals surface area contributed by atoms with E-state index < -0.39 is 11.7 Å². The minimum Gasteiger partial charge on any atom is -0.376 e. The van der Waals surface area contributed by atoms with Gasteiger partial charge in [0.05, 0.1) is 12.1 Å². The average Bonchev–Trinajstić information content (AvgIpc) is 2.45. The number of carbonyl (C=O) groups is 1. The lowest BCUT2D eigenvalue weighted by Gasteiger charge is -2.10. The highest BCUT2D eigenvalue weighted by atomic mass is 19.4. The van der Waals surface area contributed by atoms with Gasteiger partial charge in [0.15, 0.2) is 0 Å². The Balaban J connectivity index is 1.88. The van der Waals surface area contributed by atoms with E-state index in [4.69, 9.17) is 0 Å². The van der Waals surface area contributed by atoms with Crippen molar-refractivity contribution < 1.29 is 18.0 Å². The van der Waals surface area contributed by atoms with Crippen LogP contribution in [0.25, 0.3) is 0 Å². The van der Waals surface area contributed by atoms with E-state index in [1.165, 1.54) is 12.1 Å². The molecule has 2 N–H and O–H groups in total. The molecule has 0 aliphatic rings. The van der Waals surface area contributed by atoms with Crippen LogP contribution in [0.5, 0.6) is 0 Å². The van der Waals surface area contributed by atoms with E-state index in [1.807, 2.05) is 25.1 Å². The topological polar surface area (TPSA) is 41.1 Å². The third kappa shape index (κ3) is 4.51. The van der Waals surface area contributed by atoms with Crippen LogP contribution in [0, 0.1) is 6.92 Å². The molecule has 22 heavy (non-hydrogen) atoms. The molecule has 0 heterocycles. The van der Waals surface area contributed by atoms with E-state index in [-0.39, 0.29) is 12.5 Å². The SMILES string of the molecule is Cc1cccc(NC(=O)CNc2ccc(C(F)(F)F)cc2)c1. The molecule has 0 unspecified atom stereocenters. The molecular weight excluding hydrogens is 293 g/mol. The molecule has 2 rings (SSSR count). The number of halogens is 3. The number of amides is 1. The van der Waals surface area contributed by atoms with Gasteiger partial charge in [0, 0.05) is 11.4 Å². The fraction of sp³-hybridized carbons (Fsp3) is 0.188. The Morgan fingerprint density at radius 1 is 1.05 bits per heavy atom. The van der Waals surface area contributed by atoms with E-state index in [1.54, 1.807) is 6.07 Å². The summed E-state index contributed by atoms with van der Waals surface area (Å²) in [6.45, 7) is 1.88. The molecule has 2 aromatic carbocycles. The summed E-state index contributed by atoms with van der Waals surface area (Å²) >= 11 is 0. The van der Waals surface area contributed by atoms with Gasteiger partial charge in [-0.15, -0.1) is 0 Å². The van der Waals surface area contributed by atoms with Gasteiger partial charge in [-0.2, -0.15) is 13.2 Å². The zero-order chi connectivity index (χ0) is 16.2. The minimum atomic E-state index is -4.36. The number of hydrogen-bond donors (Lipinski definition) is 2. The van der Waals surface area contributed by atoms with Gasteiger partial charge >= 0.3 is 6.18 Å². The number of benzene rings is 2. The number of alkyl halides is 3. The predicted molar refractivity (Wildman–Crippen MR) is 79.7 cm³/mol. The van der Waals surface area contributed by atoms with Gasteiger partial charge < -0.3 is 10.6 Å². The highest BCUT2D eigenvalue weighted by molar-refractivity contribution is 5.93. The van der Waals surface area contributed by atoms with Crippen LogP contribution < -0.4 is 10.6 Å². The molecule has 0 aliphatic heterocycles. The number of hydrogen-bond acceptors (Lipinski definition) is 2. The maximum Gasteiger partial charge on any atom is 0.416 e. The summed E-state index contributed by atoms with van der Waals surface area (Å²) in [7, 11) is 0. The largest absolute Gasteiger partial charge is 0.416 e. The molecular formula is C16H15F3N2O. The number of nitrogens with one attached hydrogen (secondary N) is 2. The van der Waals surface area contributed by atoms with Gasteiger partial charge in [-0.1, -0.05) is 12.1 Å². The lowest BCUT2D eigenvalue weighted by atomic mass is 10.2. The minimum absolute atomic E-state index is 0.0285. The van der Waals surface area contributed by atoms with Crippen LogP contribution in [0.15, 0.2) is 48.5 Å². The van der Waals surface area contributed by atoms with Crippen LogP contribution >= 0.6 is 0 Å². The molecule has 0 bridgehead atoms. The van der Waals surface area contributed by atoms with Crippen molar-refractivity contribution >= 4 is 17.3 Å². The maximum absolute atomic E-state index is 12.4. The fourth-order valence-corrected chi connectivity index (χ4v) is 1.89. The Bertz CT molecular complexity index is 651. The molecule has 1 amide bonds. The van der Waals surface area contributed by atoms with Crippen LogP contribution in [0.1, 0.15) is 11.1 Å². The highest BCUT2D eigenvalue weighted by Gasteiger charge is 2.29. The molecule has 0 saturated heterocycles.